The number of aromatic hydroxyl groups is 1. The highest BCUT2D eigenvalue weighted by atomic mass is 16.3. The van der Waals surface area contributed by atoms with E-state index in [-0.39, 0.29) is 17.4 Å². The van der Waals surface area contributed by atoms with Crippen molar-refractivity contribution in [2.24, 2.45) is 0 Å². The van der Waals surface area contributed by atoms with E-state index in [9.17, 15) is 9.90 Å². The first-order valence-electron chi connectivity index (χ1n) is 6.51. The maximum atomic E-state index is 12.5. The predicted molar refractivity (Wildman–Crippen MR) is 76.8 cm³/mol. The molecular weight excluding hydrogens is 254 g/mol. The van der Waals surface area contributed by atoms with Crippen LogP contribution in [0.25, 0.3) is 0 Å². The quantitative estimate of drug-likeness (QED) is 0.776. The van der Waals surface area contributed by atoms with Gasteiger partial charge < -0.3 is 15.7 Å². The van der Waals surface area contributed by atoms with Gasteiger partial charge in [-0.2, -0.15) is 0 Å². The Labute approximate surface area is 116 Å². The largest absolute Gasteiger partial charge is 0.505 e. The maximum Gasteiger partial charge on any atom is 0.280 e. The van der Waals surface area contributed by atoms with Gasteiger partial charge in [-0.3, -0.25) is 4.79 Å². The van der Waals surface area contributed by atoms with Crippen LogP contribution >= 0.6 is 0 Å². The van der Waals surface area contributed by atoms with E-state index in [1.165, 1.54) is 12.3 Å². The number of nitrogen functional groups attached to an aromatic ring is 1. The summed E-state index contributed by atoms with van der Waals surface area (Å²) in [7, 11) is 0. The van der Waals surface area contributed by atoms with Gasteiger partial charge in [0.25, 0.3) is 5.91 Å². The Balaban J connectivity index is 2.01. The average molecular weight is 269 g/mol. The molecule has 3 rings (SSSR count). The van der Waals surface area contributed by atoms with Crippen molar-refractivity contribution in [2.75, 3.05) is 17.2 Å². The first kappa shape index (κ1) is 12.5. The molecule has 1 aliphatic heterocycles. The summed E-state index contributed by atoms with van der Waals surface area (Å²) < 4.78 is 0. The topological polar surface area (TPSA) is 79.5 Å². The summed E-state index contributed by atoms with van der Waals surface area (Å²) in [5.41, 5.74) is 8.46. The lowest BCUT2D eigenvalue weighted by Gasteiger charge is -2.29. The lowest BCUT2D eigenvalue weighted by atomic mass is 10.0. The van der Waals surface area contributed by atoms with Crippen LogP contribution in [0.4, 0.5) is 11.4 Å². The Bertz CT molecular complexity index is 670. The number of hydrogen-bond acceptors (Lipinski definition) is 4. The van der Waals surface area contributed by atoms with Crippen molar-refractivity contribution in [3.8, 4) is 5.75 Å². The fourth-order valence-electron chi connectivity index (χ4n) is 2.52. The highest BCUT2D eigenvalue weighted by Gasteiger charge is 2.26. The number of carbonyl (C=O) groups is 1. The Kier molecular flexibility index (Phi) is 3.02. The summed E-state index contributed by atoms with van der Waals surface area (Å²) in [5, 5.41) is 9.77. The Morgan fingerprint density at radius 3 is 3.00 bits per heavy atom. The predicted octanol–water partition coefficient (Wildman–Crippen LogP) is 1.96. The fourth-order valence-corrected chi connectivity index (χ4v) is 2.52. The van der Waals surface area contributed by atoms with E-state index >= 15 is 0 Å². The zero-order valence-corrected chi connectivity index (χ0v) is 10.9. The molecule has 0 fully saturated rings. The van der Waals surface area contributed by atoms with Gasteiger partial charge in [0.05, 0.1) is 0 Å². The van der Waals surface area contributed by atoms with Gasteiger partial charge in [-0.15, -0.1) is 0 Å². The second-order valence-corrected chi connectivity index (χ2v) is 4.82. The number of benzene rings is 1. The fraction of sp³-hybridized carbons (Fsp3) is 0.200. The van der Waals surface area contributed by atoms with Gasteiger partial charge in [-0.1, -0.05) is 0 Å². The van der Waals surface area contributed by atoms with E-state index in [4.69, 9.17) is 5.73 Å². The third-order valence-corrected chi connectivity index (χ3v) is 3.46. The molecule has 2 heterocycles. The lowest BCUT2D eigenvalue weighted by Crippen LogP contribution is -2.36. The molecule has 1 amide bonds. The average Bonchev–Trinajstić information content (AvgIpc) is 2.46. The number of nitrogens with two attached hydrogens (primary N) is 1. The number of aryl methyl sites for hydroxylation is 1. The number of amides is 1. The number of aromatic nitrogens is 1. The summed E-state index contributed by atoms with van der Waals surface area (Å²) in [6, 6.07) is 8.59. The minimum Gasteiger partial charge on any atom is -0.505 e. The van der Waals surface area contributed by atoms with Crippen LogP contribution in [0, 0.1) is 0 Å². The van der Waals surface area contributed by atoms with Crippen LogP contribution in [0.15, 0.2) is 36.5 Å². The summed E-state index contributed by atoms with van der Waals surface area (Å²) >= 11 is 0. The van der Waals surface area contributed by atoms with Crippen LogP contribution in [0.2, 0.25) is 0 Å². The SMILES string of the molecule is Nc1ccc2c(c1)CCCN2C(=O)c1ncccc1O. The third kappa shape index (κ3) is 2.07. The van der Waals surface area contributed by atoms with E-state index in [1.54, 1.807) is 17.0 Å². The maximum absolute atomic E-state index is 12.5. The van der Waals surface area contributed by atoms with E-state index in [0.717, 1.165) is 24.1 Å². The number of anilines is 2. The molecule has 0 radical (unpaired) electrons. The molecule has 102 valence electrons. The first-order valence-corrected chi connectivity index (χ1v) is 6.51. The molecule has 0 unspecified atom stereocenters. The Morgan fingerprint density at radius 1 is 1.35 bits per heavy atom. The summed E-state index contributed by atoms with van der Waals surface area (Å²) in [6.45, 7) is 0.617. The minimum atomic E-state index is -0.283. The molecule has 0 spiro atoms. The van der Waals surface area contributed by atoms with Crippen molar-refractivity contribution in [1.82, 2.24) is 4.98 Å². The van der Waals surface area contributed by atoms with Crippen LogP contribution in [0.3, 0.4) is 0 Å². The second-order valence-electron chi connectivity index (χ2n) is 4.82. The van der Waals surface area contributed by atoms with E-state index in [1.807, 2.05) is 12.1 Å². The molecule has 1 aliphatic rings. The van der Waals surface area contributed by atoms with Crippen LogP contribution in [0.1, 0.15) is 22.5 Å². The molecule has 0 atom stereocenters. The van der Waals surface area contributed by atoms with E-state index in [2.05, 4.69) is 4.98 Å². The van der Waals surface area contributed by atoms with Gasteiger partial charge in [-0.05, 0) is 48.7 Å². The van der Waals surface area contributed by atoms with Crippen molar-refractivity contribution in [1.29, 1.82) is 0 Å². The lowest BCUT2D eigenvalue weighted by molar-refractivity contribution is 0.0977. The number of carbonyl (C=O) groups excluding carboxylic acids is 1. The van der Waals surface area contributed by atoms with Crippen LogP contribution in [-0.4, -0.2) is 22.5 Å². The van der Waals surface area contributed by atoms with Gasteiger partial charge in [0.15, 0.2) is 5.69 Å². The standard InChI is InChI=1S/C15H15N3O2/c16-11-5-6-12-10(9-11)3-2-8-18(12)15(20)14-13(19)4-1-7-17-14/h1,4-7,9,19H,2-3,8,16H2. The summed E-state index contributed by atoms with van der Waals surface area (Å²) in [4.78, 5) is 18.2. The molecule has 0 saturated heterocycles. The molecule has 5 nitrogen and oxygen atoms in total. The van der Waals surface area contributed by atoms with Crippen LogP contribution in [-0.2, 0) is 6.42 Å². The second kappa shape index (κ2) is 4.85. The number of hydrogen-bond donors (Lipinski definition) is 2. The number of fused-ring (bicyclic) bond motifs is 1. The first-order chi connectivity index (χ1) is 9.66. The Morgan fingerprint density at radius 2 is 2.20 bits per heavy atom. The van der Waals surface area contributed by atoms with Gasteiger partial charge in [0, 0.05) is 24.1 Å². The van der Waals surface area contributed by atoms with Crippen LogP contribution in [0.5, 0.6) is 5.75 Å². The molecule has 1 aromatic heterocycles. The minimum absolute atomic E-state index is 0.0807. The molecule has 0 saturated carbocycles. The molecule has 20 heavy (non-hydrogen) atoms. The molecular formula is C15H15N3O2. The number of pyridine rings is 1. The van der Waals surface area contributed by atoms with Gasteiger partial charge >= 0.3 is 0 Å². The molecule has 3 N–H and O–H groups in total. The van der Waals surface area contributed by atoms with Crippen molar-refractivity contribution >= 4 is 17.3 Å². The van der Waals surface area contributed by atoms with E-state index < -0.39 is 0 Å². The van der Waals surface area contributed by atoms with Gasteiger partial charge in [0.2, 0.25) is 0 Å². The molecule has 0 bridgehead atoms. The molecule has 1 aromatic carbocycles. The number of nitrogens with zero attached hydrogens (tertiary/aromatic N) is 2. The summed E-state index contributed by atoms with van der Waals surface area (Å²) in [5.74, 6) is -0.381. The smallest absolute Gasteiger partial charge is 0.280 e. The zero-order valence-electron chi connectivity index (χ0n) is 10.9. The number of rotatable bonds is 1. The van der Waals surface area contributed by atoms with E-state index in [0.29, 0.717) is 12.2 Å². The monoisotopic (exact) mass is 269 g/mol. The summed E-state index contributed by atoms with van der Waals surface area (Å²) in [6.07, 6.45) is 3.27. The highest BCUT2D eigenvalue weighted by molar-refractivity contribution is 6.07. The molecule has 2 aromatic rings. The molecule has 5 heteroatoms. The zero-order chi connectivity index (χ0) is 14.1. The molecule has 0 aliphatic carbocycles. The van der Waals surface area contributed by atoms with Crippen molar-refractivity contribution < 1.29 is 9.90 Å². The van der Waals surface area contributed by atoms with Gasteiger partial charge in [-0.25, -0.2) is 4.98 Å². The van der Waals surface area contributed by atoms with Crippen molar-refractivity contribution in [2.45, 2.75) is 12.8 Å². The normalized spacial score (nSPS) is 13.9. The van der Waals surface area contributed by atoms with Crippen molar-refractivity contribution in [3.63, 3.8) is 0 Å². The van der Waals surface area contributed by atoms with Gasteiger partial charge in [0.1, 0.15) is 5.75 Å². The van der Waals surface area contributed by atoms with Crippen molar-refractivity contribution in [3.05, 3.63) is 47.8 Å². The van der Waals surface area contributed by atoms with Crippen LogP contribution < -0.4 is 10.6 Å². The third-order valence-electron chi connectivity index (χ3n) is 3.46. The Hall–Kier alpha value is -2.56. The highest BCUT2D eigenvalue weighted by Crippen LogP contribution is 2.30.